The van der Waals surface area contributed by atoms with E-state index in [9.17, 15) is 0 Å². The minimum Gasteiger partial charge on any atom is -0.379 e. The van der Waals surface area contributed by atoms with Gasteiger partial charge in [0.25, 0.3) is 0 Å². The van der Waals surface area contributed by atoms with E-state index >= 15 is 0 Å². The first-order valence-electron chi connectivity index (χ1n) is 7.15. The highest BCUT2D eigenvalue weighted by atomic mass is 35.5. The molecule has 0 amide bonds. The van der Waals surface area contributed by atoms with Crippen molar-refractivity contribution in [2.24, 2.45) is 0 Å². The summed E-state index contributed by atoms with van der Waals surface area (Å²) >= 11 is 7.56. The lowest BCUT2D eigenvalue weighted by molar-refractivity contribution is -0.0828. The van der Waals surface area contributed by atoms with Gasteiger partial charge >= 0.3 is 0 Å². The Balaban J connectivity index is 1.59. The minimum absolute atomic E-state index is 0.114. The third-order valence-corrected chi connectivity index (χ3v) is 5.14. The zero-order valence-corrected chi connectivity index (χ0v) is 13.0. The summed E-state index contributed by atoms with van der Waals surface area (Å²) in [5, 5.41) is 4.26. The summed E-state index contributed by atoms with van der Waals surface area (Å²) in [6.07, 6.45) is 2.88. The van der Waals surface area contributed by atoms with Crippen molar-refractivity contribution in [3.8, 4) is 0 Å². The standard InChI is InChI=1S/C14H16ClN3O2S/c15-10-1-2-11-13(18-21-17-11)12(10)16-9-3-5-20-14(7-9)4-6-19-8-14/h1-2,9,16H,3-8H2. The van der Waals surface area contributed by atoms with E-state index in [1.165, 1.54) is 11.7 Å². The molecule has 2 aliphatic rings. The monoisotopic (exact) mass is 325 g/mol. The van der Waals surface area contributed by atoms with E-state index < -0.39 is 0 Å². The van der Waals surface area contributed by atoms with E-state index in [4.69, 9.17) is 21.1 Å². The number of benzene rings is 1. The molecule has 0 saturated carbocycles. The molecule has 112 valence electrons. The van der Waals surface area contributed by atoms with Crippen LogP contribution in [-0.2, 0) is 9.47 Å². The lowest BCUT2D eigenvalue weighted by Crippen LogP contribution is -2.45. The van der Waals surface area contributed by atoms with Crippen LogP contribution in [0.1, 0.15) is 19.3 Å². The van der Waals surface area contributed by atoms with Gasteiger partial charge in [0.1, 0.15) is 11.0 Å². The van der Waals surface area contributed by atoms with Crippen molar-refractivity contribution in [3.05, 3.63) is 17.2 Å². The summed E-state index contributed by atoms with van der Waals surface area (Å²) in [6.45, 7) is 2.24. The summed E-state index contributed by atoms with van der Waals surface area (Å²) in [6, 6.07) is 4.11. The van der Waals surface area contributed by atoms with Gasteiger partial charge < -0.3 is 14.8 Å². The smallest absolute Gasteiger partial charge is 0.129 e. The molecule has 2 atom stereocenters. The first-order chi connectivity index (χ1) is 10.3. The molecule has 2 saturated heterocycles. The van der Waals surface area contributed by atoms with Crippen LogP contribution in [-0.4, -0.2) is 40.2 Å². The Bertz CT molecular complexity index is 657. The molecule has 0 aliphatic carbocycles. The van der Waals surface area contributed by atoms with Crippen LogP contribution in [0.5, 0.6) is 0 Å². The first-order valence-corrected chi connectivity index (χ1v) is 8.26. The first kappa shape index (κ1) is 13.7. The second-order valence-corrected chi connectivity index (χ2v) is 6.66. The Kier molecular flexibility index (Phi) is 3.49. The molecule has 7 heteroatoms. The maximum atomic E-state index is 6.35. The molecule has 0 radical (unpaired) electrons. The van der Waals surface area contributed by atoms with E-state index in [-0.39, 0.29) is 5.60 Å². The van der Waals surface area contributed by atoms with Crippen molar-refractivity contribution in [1.29, 1.82) is 0 Å². The number of nitrogens with one attached hydrogen (secondary N) is 1. The number of hydrogen-bond donors (Lipinski definition) is 1. The van der Waals surface area contributed by atoms with Gasteiger partial charge in [-0.15, -0.1) is 0 Å². The van der Waals surface area contributed by atoms with E-state index in [1.807, 2.05) is 12.1 Å². The number of ether oxygens (including phenoxy) is 2. The van der Waals surface area contributed by atoms with Crippen molar-refractivity contribution >= 4 is 40.0 Å². The predicted molar refractivity (Wildman–Crippen MR) is 83.2 cm³/mol. The number of rotatable bonds is 2. The molecule has 1 aromatic carbocycles. The van der Waals surface area contributed by atoms with E-state index in [0.29, 0.717) is 17.7 Å². The Morgan fingerprint density at radius 3 is 3.14 bits per heavy atom. The van der Waals surface area contributed by atoms with Crippen LogP contribution in [0.15, 0.2) is 12.1 Å². The number of nitrogens with zero attached hydrogens (tertiary/aromatic N) is 2. The maximum absolute atomic E-state index is 6.35. The van der Waals surface area contributed by atoms with Crippen molar-refractivity contribution in [2.75, 3.05) is 25.1 Å². The highest BCUT2D eigenvalue weighted by molar-refractivity contribution is 7.00. The zero-order chi connectivity index (χ0) is 14.3. The number of hydrogen-bond acceptors (Lipinski definition) is 6. The molecule has 1 spiro atoms. The maximum Gasteiger partial charge on any atom is 0.129 e. The van der Waals surface area contributed by atoms with Gasteiger partial charge in [0.05, 0.1) is 34.6 Å². The van der Waals surface area contributed by atoms with E-state index in [0.717, 1.165) is 49.2 Å². The Morgan fingerprint density at radius 1 is 1.33 bits per heavy atom. The lowest BCUT2D eigenvalue weighted by atomic mass is 9.89. The number of fused-ring (bicyclic) bond motifs is 1. The molecule has 4 rings (SSSR count). The summed E-state index contributed by atoms with van der Waals surface area (Å²) in [5.74, 6) is 0. The third kappa shape index (κ3) is 2.50. The largest absolute Gasteiger partial charge is 0.379 e. The fraction of sp³-hybridized carbons (Fsp3) is 0.571. The fourth-order valence-electron chi connectivity index (χ4n) is 3.18. The SMILES string of the molecule is Clc1ccc2nsnc2c1NC1CCOC2(CCOC2)C1. The summed E-state index contributed by atoms with van der Waals surface area (Å²) in [5.41, 5.74) is 2.52. The van der Waals surface area contributed by atoms with Gasteiger partial charge in [-0.3, -0.25) is 0 Å². The lowest BCUT2D eigenvalue weighted by Gasteiger charge is -2.37. The van der Waals surface area contributed by atoms with Crippen LogP contribution in [0.4, 0.5) is 5.69 Å². The zero-order valence-electron chi connectivity index (χ0n) is 11.5. The molecule has 1 aromatic heterocycles. The van der Waals surface area contributed by atoms with Crippen molar-refractivity contribution < 1.29 is 9.47 Å². The average Bonchev–Trinajstić information content (AvgIpc) is 3.12. The second kappa shape index (κ2) is 5.35. The minimum atomic E-state index is -0.114. The molecule has 1 N–H and O–H groups in total. The van der Waals surface area contributed by atoms with Gasteiger partial charge in [-0.1, -0.05) is 11.6 Å². The van der Waals surface area contributed by atoms with Crippen molar-refractivity contribution in [1.82, 2.24) is 8.75 Å². The highest BCUT2D eigenvalue weighted by Crippen LogP contribution is 2.36. The quantitative estimate of drug-likeness (QED) is 0.919. The molecular weight excluding hydrogens is 310 g/mol. The molecule has 3 heterocycles. The molecule has 2 unspecified atom stereocenters. The Labute approximate surface area is 131 Å². The molecule has 0 bridgehead atoms. The van der Waals surface area contributed by atoms with Crippen molar-refractivity contribution in [2.45, 2.75) is 30.9 Å². The predicted octanol–water partition coefficient (Wildman–Crippen LogP) is 3.09. The second-order valence-electron chi connectivity index (χ2n) is 5.72. The molecule has 2 aromatic rings. The van der Waals surface area contributed by atoms with Crippen LogP contribution in [0.25, 0.3) is 11.0 Å². The van der Waals surface area contributed by atoms with Crippen LogP contribution in [0, 0.1) is 0 Å². The van der Waals surface area contributed by atoms with Gasteiger partial charge in [0.15, 0.2) is 0 Å². The normalized spacial score (nSPS) is 29.3. The van der Waals surface area contributed by atoms with E-state index in [2.05, 4.69) is 14.1 Å². The van der Waals surface area contributed by atoms with Crippen LogP contribution >= 0.6 is 23.3 Å². The van der Waals surface area contributed by atoms with Gasteiger partial charge in [0, 0.05) is 25.7 Å². The summed E-state index contributed by atoms with van der Waals surface area (Å²) in [7, 11) is 0. The molecule has 2 aliphatic heterocycles. The Morgan fingerprint density at radius 2 is 2.29 bits per heavy atom. The fourth-order valence-corrected chi connectivity index (χ4v) is 3.93. The van der Waals surface area contributed by atoms with Crippen LogP contribution in [0.2, 0.25) is 5.02 Å². The van der Waals surface area contributed by atoms with Gasteiger partial charge in [-0.2, -0.15) is 8.75 Å². The molecule has 5 nitrogen and oxygen atoms in total. The van der Waals surface area contributed by atoms with E-state index in [1.54, 1.807) is 0 Å². The number of aromatic nitrogens is 2. The molecular formula is C14H16ClN3O2S. The third-order valence-electron chi connectivity index (χ3n) is 4.29. The van der Waals surface area contributed by atoms with Gasteiger partial charge in [-0.25, -0.2) is 0 Å². The topological polar surface area (TPSA) is 56.3 Å². The van der Waals surface area contributed by atoms with Gasteiger partial charge in [-0.05, 0) is 25.0 Å². The molecule has 21 heavy (non-hydrogen) atoms. The van der Waals surface area contributed by atoms with Gasteiger partial charge in [0.2, 0.25) is 0 Å². The number of halogens is 1. The van der Waals surface area contributed by atoms with Crippen molar-refractivity contribution in [3.63, 3.8) is 0 Å². The Hall–Kier alpha value is -0.950. The summed E-state index contributed by atoms with van der Waals surface area (Å²) < 4.78 is 20.1. The summed E-state index contributed by atoms with van der Waals surface area (Å²) in [4.78, 5) is 0. The highest BCUT2D eigenvalue weighted by Gasteiger charge is 2.41. The van der Waals surface area contributed by atoms with Crippen LogP contribution < -0.4 is 5.32 Å². The molecule has 2 fully saturated rings. The average molecular weight is 326 g/mol. The van der Waals surface area contributed by atoms with Crippen LogP contribution in [0.3, 0.4) is 0 Å². The number of anilines is 1.